The quantitative estimate of drug-likeness (QED) is 0.308. The Balaban J connectivity index is 1.44. The van der Waals surface area contributed by atoms with Crippen LogP contribution in [0.25, 0.3) is 40.1 Å². The van der Waals surface area contributed by atoms with Crippen LogP contribution in [0.4, 0.5) is 0 Å². The van der Waals surface area contributed by atoms with Crippen LogP contribution in [-0.2, 0) is 0 Å². The molecule has 170 valence electrons. The van der Waals surface area contributed by atoms with Gasteiger partial charge >= 0.3 is 0 Å². The minimum atomic E-state index is -0.206. The van der Waals surface area contributed by atoms with E-state index < -0.39 is 0 Å². The van der Waals surface area contributed by atoms with E-state index in [9.17, 15) is 4.79 Å². The van der Waals surface area contributed by atoms with Gasteiger partial charge in [-0.3, -0.25) is 4.79 Å². The molecule has 0 atom stereocenters. The summed E-state index contributed by atoms with van der Waals surface area (Å²) in [6.07, 6.45) is 7.53. The molecule has 35 heavy (non-hydrogen) atoms. The van der Waals surface area contributed by atoms with E-state index in [1.807, 2.05) is 101 Å². The van der Waals surface area contributed by atoms with Crippen LogP contribution in [0.1, 0.15) is 16.3 Å². The van der Waals surface area contributed by atoms with E-state index in [-0.39, 0.29) is 5.56 Å². The Morgan fingerprint density at radius 3 is 2.49 bits per heavy atom. The summed E-state index contributed by atoms with van der Waals surface area (Å²) in [5.41, 5.74) is 3.19. The zero-order valence-corrected chi connectivity index (χ0v) is 20.5. The molecule has 4 heterocycles. The van der Waals surface area contributed by atoms with Crippen molar-refractivity contribution in [1.82, 2.24) is 24.4 Å². The van der Waals surface area contributed by atoms with Crippen molar-refractivity contribution in [1.29, 1.82) is 0 Å². The summed E-state index contributed by atoms with van der Waals surface area (Å²) in [4.78, 5) is 19.3. The molecule has 0 spiro atoms. The topological polar surface area (TPSA) is 65.1 Å². The number of para-hydroxylation sites is 1. The van der Waals surface area contributed by atoms with Gasteiger partial charge in [-0.1, -0.05) is 59.3 Å². The van der Waals surface area contributed by atoms with Gasteiger partial charge in [0.15, 0.2) is 5.82 Å². The molecule has 0 aliphatic heterocycles. The molecule has 0 bridgehead atoms. The molecule has 0 aliphatic carbocycles. The third-order valence-electron chi connectivity index (χ3n) is 5.31. The summed E-state index contributed by atoms with van der Waals surface area (Å²) in [7, 11) is 0. The maximum atomic E-state index is 13.1. The number of fused-ring (bicyclic) bond motifs is 1. The second-order valence-corrected chi connectivity index (χ2v) is 10.1. The summed E-state index contributed by atoms with van der Waals surface area (Å²) < 4.78 is 3.70. The Bertz CT molecular complexity index is 1770. The standard InChI is InChI=1S/C26H16ClN5OS2/c27-19-10-8-17(9-11-19)24-18(16-31(30-24)20-5-2-1-3-6-20)15-22-25(33)32-26(35-22)28-23(29-32)13-12-21-7-4-14-34-21/h1-16H/b13-12+,22-15-. The fraction of sp³-hybridized carbons (Fsp3) is 0. The fourth-order valence-electron chi connectivity index (χ4n) is 3.64. The zero-order valence-electron chi connectivity index (χ0n) is 18.1. The number of benzene rings is 2. The van der Waals surface area contributed by atoms with Crippen molar-refractivity contribution in [3.63, 3.8) is 0 Å². The first-order valence-electron chi connectivity index (χ1n) is 10.7. The second kappa shape index (κ2) is 9.07. The molecular weight excluding hydrogens is 498 g/mol. The summed E-state index contributed by atoms with van der Waals surface area (Å²) in [5, 5.41) is 11.9. The molecule has 0 unspecified atom stereocenters. The maximum Gasteiger partial charge on any atom is 0.291 e. The van der Waals surface area contributed by atoms with Gasteiger partial charge in [-0.15, -0.1) is 16.4 Å². The van der Waals surface area contributed by atoms with Crippen LogP contribution in [0.5, 0.6) is 0 Å². The molecule has 0 amide bonds. The van der Waals surface area contributed by atoms with Gasteiger partial charge in [0, 0.05) is 27.2 Å². The van der Waals surface area contributed by atoms with Gasteiger partial charge in [0.2, 0.25) is 4.96 Å². The highest BCUT2D eigenvalue weighted by atomic mass is 35.5. The zero-order chi connectivity index (χ0) is 23.8. The molecule has 6 rings (SSSR count). The van der Waals surface area contributed by atoms with E-state index in [4.69, 9.17) is 16.7 Å². The van der Waals surface area contributed by atoms with Crippen molar-refractivity contribution < 1.29 is 0 Å². The van der Waals surface area contributed by atoms with Crippen molar-refractivity contribution in [2.75, 3.05) is 0 Å². The van der Waals surface area contributed by atoms with Gasteiger partial charge in [-0.2, -0.15) is 14.6 Å². The monoisotopic (exact) mass is 513 g/mol. The molecule has 0 fully saturated rings. The highest BCUT2D eigenvalue weighted by Gasteiger charge is 2.14. The molecule has 0 aliphatic rings. The molecule has 0 N–H and O–H groups in total. The van der Waals surface area contributed by atoms with Crippen LogP contribution >= 0.6 is 34.3 Å². The molecule has 9 heteroatoms. The van der Waals surface area contributed by atoms with Crippen molar-refractivity contribution in [3.05, 3.63) is 114 Å². The minimum Gasteiger partial charge on any atom is -0.266 e. The van der Waals surface area contributed by atoms with Gasteiger partial charge in [-0.25, -0.2) is 4.68 Å². The predicted octanol–water partition coefficient (Wildman–Crippen LogP) is 5.44. The number of thiophene rings is 1. The third kappa shape index (κ3) is 4.35. The van der Waals surface area contributed by atoms with Crippen LogP contribution in [-0.4, -0.2) is 24.4 Å². The third-order valence-corrected chi connectivity index (χ3v) is 7.35. The largest absolute Gasteiger partial charge is 0.291 e. The number of hydrogen-bond donors (Lipinski definition) is 0. The lowest BCUT2D eigenvalue weighted by atomic mass is 10.1. The lowest BCUT2D eigenvalue weighted by Crippen LogP contribution is -2.23. The van der Waals surface area contributed by atoms with Gasteiger partial charge in [0.1, 0.15) is 5.69 Å². The second-order valence-electron chi connectivity index (χ2n) is 7.65. The van der Waals surface area contributed by atoms with E-state index in [1.165, 1.54) is 15.9 Å². The smallest absolute Gasteiger partial charge is 0.266 e. The molecule has 0 saturated heterocycles. The van der Waals surface area contributed by atoms with E-state index in [1.54, 1.807) is 11.3 Å². The van der Waals surface area contributed by atoms with E-state index in [0.29, 0.717) is 20.3 Å². The summed E-state index contributed by atoms with van der Waals surface area (Å²) >= 11 is 9.03. The molecular formula is C26H16ClN5OS2. The van der Waals surface area contributed by atoms with Gasteiger partial charge in [-0.05, 0) is 53.9 Å². The first-order chi connectivity index (χ1) is 17.1. The minimum absolute atomic E-state index is 0.206. The number of halogens is 1. The van der Waals surface area contributed by atoms with E-state index in [0.717, 1.165) is 27.4 Å². The highest BCUT2D eigenvalue weighted by Crippen LogP contribution is 2.26. The average Bonchev–Trinajstić information content (AvgIpc) is 3.66. The number of nitrogens with zero attached hydrogens (tertiary/aromatic N) is 5. The van der Waals surface area contributed by atoms with E-state index in [2.05, 4.69) is 10.1 Å². The van der Waals surface area contributed by atoms with Crippen LogP contribution < -0.4 is 10.1 Å². The summed E-state index contributed by atoms with van der Waals surface area (Å²) in [6.45, 7) is 0. The molecule has 4 aromatic heterocycles. The number of rotatable bonds is 5. The summed E-state index contributed by atoms with van der Waals surface area (Å²) in [5.74, 6) is 0.507. The molecule has 6 aromatic rings. The lowest BCUT2D eigenvalue weighted by molar-refractivity contribution is 0.884. The predicted molar refractivity (Wildman–Crippen MR) is 143 cm³/mol. The van der Waals surface area contributed by atoms with Crippen molar-refractivity contribution >= 4 is 57.5 Å². The van der Waals surface area contributed by atoms with Crippen LogP contribution in [0.2, 0.25) is 5.02 Å². The summed E-state index contributed by atoms with van der Waals surface area (Å²) in [6, 6.07) is 21.3. The Kier molecular flexibility index (Phi) is 5.61. The van der Waals surface area contributed by atoms with Crippen LogP contribution in [0.15, 0.2) is 83.1 Å². The van der Waals surface area contributed by atoms with Crippen molar-refractivity contribution in [3.8, 4) is 16.9 Å². The fourth-order valence-corrected chi connectivity index (χ4v) is 5.29. The van der Waals surface area contributed by atoms with Gasteiger partial charge in [0.05, 0.1) is 10.2 Å². The lowest BCUT2D eigenvalue weighted by Gasteiger charge is -2.00. The number of aromatic nitrogens is 5. The highest BCUT2D eigenvalue weighted by molar-refractivity contribution is 7.15. The molecule has 0 radical (unpaired) electrons. The Hall–Kier alpha value is -3.85. The van der Waals surface area contributed by atoms with Crippen molar-refractivity contribution in [2.45, 2.75) is 0 Å². The Labute approximate surface area is 212 Å². The Morgan fingerprint density at radius 1 is 0.914 bits per heavy atom. The molecule has 6 nitrogen and oxygen atoms in total. The number of hydrogen-bond acceptors (Lipinski definition) is 6. The average molecular weight is 514 g/mol. The first kappa shape index (κ1) is 21.7. The van der Waals surface area contributed by atoms with Gasteiger partial charge in [0.25, 0.3) is 5.56 Å². The van der Waals surface area contributed by atoms with Crippen LogP contribution in [0, 0.1) is 0 Å². The van der Waals surface area contributed by atoms with Crippen molar-refractivity contribution in [2.24, 2.45) is 0 Å². The molecule has 0 saturated carbocycles. The van der Waals surface area contributed by atoms with Gasteiger partial charge < -0.3 is 0 Å². The normalized spacial score (nSPS) is 12.3. The SMILES string of the molecule is O=c1/c(=C/c2cn(-c3ccccc3)nc2-c2ccc(Cl)cc2)sc2nc(/C=C/c3cccs3)nn12. The number of thiazole rings is 1. The van der Waals surface area contributed by atoms with E-state index >= 15 is 0 Å². The van der Waals surface area contributed by atoms with Crippen LogP contribution in [0.3, 0.4) is 0 Å². The maximum absolute atomic E-state index is 13.1. The first-order valence-corrected chi connectivity index (χ1v) is 12.8. The Morgan fingerprint density at radius 2 is 1.74 bits per heavy atom. The molecule has 2 aromatic carbocycles.